The van der Waals surface area contributed by atoms with Gasteiger partial charge in [0, 0.05) is 25.4 Å². The lowest BCUT2D eigenvalue weighted by molar-refractivity contribution is -0.153. The van der Waals surface area contributed by atoms with E-state index in [0.29, 0.717) is 16.6 Å². The molecule has 0 radical (unpaired) electrons. The monoisotopic (exact) mass is 523 g/mol. The highest BCUT2D eigenvalue weighted by molar-refractivity contribution is 5.82. The minimum atomic E-state index is -1.02. The summed E-state index contributed by atoms with van der Waals surface area (Å²) in [5, 5.41) is 2.96. The predicted octanol–water partition coefficient (Wildman–Crippen LogP) is 2.79. The van der Waals surface area contributed by atoms with Gasteiger partial charge >= 0.3 is 17.8 Å². The van der Waals surface area contributed by atoms with E-state index in [4.69, 9.17) is 9.47 Å². The lowest BCUT2D eigenvalue weighted by atomic mass is 9.98. The van der Waals surface area contributed by atoms with Crippen molar-refractivity contribution in [2.45, 2.75) is 77.0 Å². The lowest BCUT2D eigenvalue weighted by Crippen LogP contribution is -2.46. The number of aromatic nitrogens is 4. The highest BCUT2D eigenvalue weighted by atomic mass is 16.6. The summed E-state index contributed by atoms with van der Waals surface area (Å²) in [6.07, 6.45) is 8.17. The summed E-state index contributed by atoms with van der Waals surface area (Å²) in [6, 6.07) is 3.72. The Morgan fingerprint density at radius 2 is 1.84 bits per heavy atom. The van der Waals surface area contributed by atoms with Crippen molar-refractivity contribution in [3.63, 3.8) is 0 Å². The van der Waals surface area contributed by atoms with Crippen LogP contribution in [-0.4, -0.2) is 48.9 Å². The Labute approximate surface area is 219 Å². The van der Waals surface area contributed by atoms with Crippen LogP contribution in [0.5, 0.6) is 0 Å². The SMILES string of the molecule is Cn1c(=O)n(-c2ccc(C[C@H](NC(=O)OC(C)(C)C)C(=O)OC3CCCCC3)nc2)c(=O)c2ccncc21. The molecule has 11 heteroatoms. The molecular weight excluding hydrogens is 490 g/mol. The smallest absolute Gasteiger partial charge is 0.408 e. The second-order valence-electron chi connectivity index (χ2n) is 10.5. The Balaban J connectivity index is 1.58. The maximum absolute atomic E-state index is 13.0. The number of carbonyl (C=O) groups is 2. The van der Waals surface area contributed by atoms with Crippen molar-refractivity contribution >= 4 is 23.0 Å². The lowest BCUT2D eigenvalue weighted by Gasteiger charge is -2.26. The molecule has 1 fully saturated rings. The van der Waals surface area contributed by atoms with Crippen molar-refractivity contribution in [3.8, 4) is 5.69 Å². The van der Waals surface area contributed by atoms with Crippen LogP contribution in [-0.2, 0) is 27.7 Å². The molecule has 0 aromatic carbocycles. The molecule has 0 bridgehead atoms. The van der Waals surface area contributed by atoms with Gasteiger partial charge in [-0.3, -0.25) is 19.3 Å². The number of pyridine rings is 2. The first-order valence-corrected chi connectivity index (χ1v) is 12.7. The van der Waals surface area contributed by atoms with E-state index in [-0.39, 0.29) is 18.2 Å². The van der Waals surface area contributed by atoms with Gasteiger partial charge in [0.1, 0.15) is 17.7 Å². The Morgan fingerprint density at radius 1 is 1.11 bits per heavy atom. The molecule has 3 aromatic rings. The molecule has 202 valence electrons. The number of alkyl carbamates (subject to hydrolysis) is 1. The molecule has 1 saturated carbocycles. The zero-order chi connectivity index (χ0) is 27.4. The minimum Gasteiger partial charge on any atom is -0.461 e. The van der Waals surface area contributed by atoms with Crippen molar-refractivity contribution in [1.82, 2.24) is 24.4 Å². The number of nitrogens with one attached hydrogen (secondary N) is 1. The Kier molecular flexibility index (Phi) is 7.94. The molecule has 4 rings (SSSR count). The largest absolute Gasteiger partial charge is 0.461 e. The molecule has 0 saturated heterocycles. The number of aryl methyl sites for hydroxylation is 1. The highest BCUT2D eigenvalue weighted by Gasteiger charge is 2.29. The fraction of sp³-hybridized carbons (Fsp3) is 0.481. The van der Waals surface area contributed by atoms with Crippen LogP contribution in [0.15, 0.2) is 46.4 Å². The maximum atomic E-state index is 13.0. The average molecular weight is 524 g/mol. The van der Waals surface area contributed by atoms with Gasteiger partial charge in [0.15, 0.2) is 0 Å². The van der Waals surface area contributed by atoms with Crippen LogP contribution in [0.1, 0.15) is 58.6 Å². The zero-order valence-electron chi connectivity index (χ0n) is 22.1. The predicted molar refractivity (Wildman–Crippen MR) is 140 cm³/mol. The van der Waals surface area contributed by atoms with E-state index in [9.17, 15) is 19.2 Å². The molecule has 0 spiro atoms. The molecule has 3 heterocycles. The minimum absolute atomic E-state index is 0.0430. The average Bonchev–Trinajstić information content (AvgIpc) is 2.87. The molecule has 3 aromatic heterocycles. The topological polar surface area (TPSA) is 134 Å². The number of amides is 1. The zero-order valence-corrected chi connectivity index (χ0v) is 22.1. The molecule has 0 unspecified atom stereocenters. The van der Waals surface area contributed by atoms with Gasteiger partial charge < -0.3 is 14.8 Å². The van der Waals surface area contributed by atoms with Gasteiger partial charge in [-0.1, -0.05) is 6.42 Å². The first-order valence-electron chi connectivity index (χ1n) is 12.7. The molecule has 1 atom stereocenters. The molecular formula is C27H33N5O6. The summed E-state index contributed by atoms with van der Waals surface area (Å²) < 4.78 is 13.4. The number of carbonyl (C=O) groups excluding carboxylic acids is 2. The summed E-state index contributed by atoms with van der Waals surface area (Å²) in [4.78, 5) is 59.9. The van der Waals surface area contributed by atoms with Gasteiger partial charge in [-0.05, 0) is 64.7 Å². The van der Waals surface area contributed by atoms with E-state index < -0.39 is 35.0 Å². The molecule has 1 aliphatic carbocycles. The van der Waals surface area contributed by atoms with E-state index in [0.717, 1.165) is 36.7 Å². The van der Waals surface area contributed by atoms with E-state index in [1.54, 1.807) is 46.0 Å². The Hall–Kier alpha value is -4.02. The third kappa shape index (κ3) is 6.27. The molecule has 38 heavy (non-hydrogen) atoms. The first kappa shape index (κ1) is 27.0. The Bertz CT molecular complexity index is 1430. The number of nitrogens with zero attached hydrogens (tertiary/aromatic N) is 4. The van der Waals surface area contributed by atoms with E-state index in [1.165, 1.54) is 23.2 Å². The number of hydrogen-bond donors (Lipinski definition) is 1. The number of esters is 1. The van der Waals surface area contributed by atoms with Gasteiger partial charge in [0.2, 0.25) is 0 Å². The summed E-state index contributed by atoms with van der Waals surface area (Å²) in [5.74, 6) is -0.554. The molecule has 11 nitrogen and oxygen atoms in total. The van der Waals surface area contributed by atoms with Crippen LogP contribution in [0.4, 0.5) is 4.79 Å². The molecule has 1 aliphatic rings. The summed E-state index contributed by atoms with van der Waals surface area (Å²) in [5.41, 5.74) is -0.594. The normalized spacial score (nSPS) is 15.2. The number of rotatable bonds is 6. The fourth-order valence-electron chi connectivity index (χ4n) is 4.47. The van der Waals surface area contributed by atoms with Crippen molar-refractivity contribution in [3.05, 3.63) is 63.3 Å². The third-order valence-corrected chi connectivity index (χ3v) is 6.36. The van der Waals surface area contributed by atoms with Crippen LogP contribution < -0.4 is 16.6 Å². The van der Waals surface area contributed by atoms with Crippen LogP contribution in [0.2, 0.25) is 0 Å². The van der Waals surface area contributed by atoms with Gasteiger partial charge in [-0.15, -0.1) is 0 Å². The molecule has 1 N–H and O–H groups in total. The standard InChI is InChI=1S/C27H33N5O6/c1-27(2,3)38-25(35)30-21(24(34)37-19-8-6-5-7-9-19)14-17-10-11-18(15-29-17)32-23(33)20-12-13-28-16-22(20)31(4)26(32)36/h10-13,15-16,19,21H,5-9,14H2,1-4H3,(H,30,35)/t21-/m0/s1. The fourth-order valence-corrected chi connectivity index (χ4v) is 4.47. The second kappa shape index (κ2) is 11.2. The van der Waals surface area contributed by atoms with Gasteiger partial charge in [-0.2, -0.15) is 0 Å². The van der Waals surface area contributed by atoms with Gasteiger partial charge in [-0.25, -0.2) is 19.0 Å². The summed E-state index contributed by atoms with van der Waals surface area (Å²) in [6.45, 7) is 5.20. The summed E-state index contributed by atoms with van der Waals surface area (Å²) in [7, 11) is 1.56. The van der Waals surface area contributed by atoms with Crippen LogP contribution in [0.25, 0.3) is 16.6 Å². The van der Waals surface area contributed by atoms with Gasteiger partial charge in [0.05, 0.1) is 29.0 Å². The van der Waals surface area contributed by atoms with Crippen molar-refractivity contribution in [1.29, 1.82) is 0 Å². The number of ether oxygens (including phenoxy) is 2. The quantitative estimate of drug-likeness (QED) is 0.488. The third-order valence-electron chi connectivity index (χ3n) is 6.36. The number of fused-ring (bicyclic) bond motifs is 1. The highest BCUT2D eigenvalue weighted by Crippen LogP contribution is 2.21. The van der Waals surface area contributed by atoms with E-state index in [2.05, 4.69) is 15.3 Å². The molecule has 1 amide bonds. The van der Waals surface area contributed by atoms with E-state index in [1.807, 2.05) is 0 Å². The van der Waals surface area contributed by atoms with Crippen LogP contribution in [0.3, 0.4) is 0 Å². The second-order valence-corrected chi connectivity index (χ2v) is 10.5. The molecule has 0 aliphatic heterocycles. The maximum Gasteiger partial charge on any atom is 0.408 e. The van der Waals surface area contributed by atoms with Crippen LogP contribution >= 0.6 is 0 Å². The Morgan fingerprint density at radius 3 is 2.50 bits per heavy atom. The van der Waals surface area contributed by atoms with Crippen molar-refractivity contribution in [2.75, 3.05) is 0 Å². The van der Waals surface area contributed by atoms with Crippen molar-refractivity contribution < 1.29 is 19.1 Å². The van der Waals surface area contributed by atoms with Crippen molar-refractivity contribution in [2.24, 2.45) is 7.05 Å². The summed E-state index contributed by atoms with van der Waals surface area (Å²) >= 11 is 0. The number of hydrogen-bond acceptors (Lipinski definition) is 8. The van der Waals surface area contributed by atoms with Crippen LogP contribution in [0, 0.1) is 0 Å². The van der Waals surface area contributed by atoms with E-state index >= 15 is 0 Å². The van der Waals surface area contributed by atoms with Gasteiger partial charge in [0.25, 0.3) is 5.56 Å². The first-order chi connectivity index (χ1) is 18.0.